The van der Waals surface area contributed by atoms with Gasteiger partial charge >= 0.3 is 0 Å². The Bertz CT molecular complexity index is 351. The molecule has 18 heavy (non-hydrogen) atoms. The molecule has 0 aliphatic carbocycles. The molecule has 1 saturated heterocycles. The fourth-order valence-electron chi connectivity index (χ4n) is 2.10. The van der Waals surface area contributed by atoms with Gasteiger partial charge in [0, 0.05) is 18.8 Å². The van der Waals surface area contributed by atoms with Gasteiger partial charge < -0.3 is 15.4 Å². The topological polar surface area (TPSA) is 38.5 Å². The highest BCUT2D eigenvalue weighted by atomic mass is 32.2. The Balaban J connectivity index is 1.65. The Hall–Kier alpha value is -0.870. The van der Waals surface area contributed by atoms with Crippen LogP contribution in [0, 0.1) is 0 Å². The van der Waals surface area contributed by atoms with E-state index in [-0.39, 0.29) is 0 Å². The van der Waals surface area contributed by atoms with E-state index in [1.165, 1.54) is 31.0 Å². The molecule has 0 bridgehead atoms. The quantitative estimate of drug-likeness (QED) is 0.656. The monoisotopic (exact) mass is 266 g/mol. The van der Waals surface area contributed by atoms with Gasteiger partial charge in [0.1, 0.15) is 5.75 Å². The third-order valence-electron chi connectivity index (χ3n) is 3.11. The van der Waals surface area contributed by atoms with Crippen molar-refractivity contribution >= 4 is 17.4 Å². The molecule has 0 spiro atoms. The van der Waals surface area contributed by atoms with E-state index < -0.39 is 0 Å². The van der Waals surface area contributed by atoms with Crippen LogP contribution in [0.1, 0.15) is 12.8 Å². The summed E-state index contributed by atoms with van der Waals surface area (Å²) in [5.74, 6) is 3.39. The summed E-state index contributed by atoms with van der Waals surface area (Å²) in [4.78, 5) is 2.54. The zero-order valence-corrected chi connectivity index (χ0v) is 11.6. The standard InChI is InChI=1S/C14H22N2OS/c15-13-5-1-2-6-14(13)17-10-3-7-16-8-4-11-18-12-9-16/h1-2,5-6H,3-4,7-12,15H2. The minimum atomic E-state index is 0.726. The van der Waals surface area contributed by atoms with Crippen molar-refractivity contribution in [2.75, 3.05) is 43.5 Å². The van der Waals surface area contributed by atoms with Gasteiger partial charge in [0.15, 0.2) is 0 Å². The zero-order chi connectivity index (χ0) is 12.6. The Kier molecular flexibility index (Phi) is 5.68. The van der Waals surface area contributed by atoms with Crippen molar-refractivity contribution in [1.82, 2.24) is 4.90 Å². The Morgan fingerprint density at radius 3 is 3.00 bits per heavy atom. The van der Waals surface area contributed by atoms with Gasteiger partial charge in [-0.25, -0.2) is 0 Å². The Labute approximate surface area is 114 Å². The second kappa shape index (κ2) is 7.54. The normalized spacial score (nSPS) is 17.3. The van der Waals surface area contributed by atoms with Gasteiger partial charge in [-0.2, -0.15) is 11.8 Å². The van der Waals surface area contributed by atoms with Crippen LogP contribution in [0.15, 0.2) is 24.3 Å². The lowest BCUT2D eigenvalue weighted by atomic mass is 10.3. The number of nitrogen functional groups attached to an aromatic ring is 1. The highest BCUT2D eigenvalue weighted by molar-refractivity contribution is 7.99. The molecule has 1 aromatic rings. The average Bonchev–Trinajstić information content (AvgIpc) is 2.65. The van der Waals surface area contributed by atoms with Crippen molar-refractivity contribution in [3.63, 3.8) is 0 Å². The molecule has 0 saturated carbocycles. The molecule has 2 rings (SSSR count). The number of nitrogens with two attached hydrogens (primary N) is 1. The number of benzene rings is 1. The maximum atomic E-state index is 5.83. The van der Waals surface area contributed by atoms with Crippen molar-refractivity contribution in [2.45, 2.75) is 12.8 Å². The van der Waals surface area contributed by atoms with E-state index in [1.807, 2.05) is 24.3 Å². The van der Waals surface area contributed by atoms with Crippen LogP contribution in [0.3, 0.4) is 0 Å². The summed E-state index contributed by atoms with van der Waals surface area (Å²) in [6.07, 6.45) is 2.39. The molecule has 1 aliphatic rings. The lowest BCUT2D eigenvalue weighted by Gasteiger charge is -2.19. The summed E-state index contributed by atoms with van der Waals surface area (Å²) in [5.41, 5.74) is 6.55. The second-order valence-corrected chi connectivity index (χ2v) is 5.77. The number of anilines is 1. The first-order valence-electron chi connectivity index (χ1n) is 6.63. The molecule has 2 N–H and O–H groups in total. The number of ether oxygens (including phenoxy) is 1. The number of rotatable bonds is 5. The molecule has 4 heteroatoms. The van der Waals surface area contributed by atoms with Gasteiger partial charge in [0.25, 0.3) is 0 Å². The second-order valence-electron chi connectivity index (χ2n) is 4.55. The summed E-state index contributed by atoms with van der Waals surface area (Å²) in [6.45, 7) is 4.34. The minimum Gasteiger partial charge on any atom is -0.491 e. The third kappa shape index (κ3) is 4.42. The average molecular weight is 266 g/mol. The zero-order valence-electron chi connectivity index (χ0n) is 10.8. The summed E-state index contributed by atoms with van der Waals surface area (Å²) >= 11 is 2.07. The van der Waals surface area contributed by atoms with E-state index in [0.717, 1.165) is 31.0 Å². The van der Waals surface area contributed by atoms with Crippen molar-refractivity contribution < 1.29 is 4.74 Å². The molecule has 100 valence electrons. The molecular weight excluding hydrogens is 244 g/mol. The number of thioether (sulfide) groups is 1. The van der Waals surface area contributed by atoms with Crippen LogP contribution in [-0.2, 0) is 0 Å². The predicted molar refractivity (Wildman–Crippen MR) is 79.3 cm³/mol. The van der Waals surface area contributed by atoms with Gasteiger partial charge in [-0.3, -0.25) is 0 Å². The van der Waals surface area contributed by atoms with Crippen LogP contribution >= 0.6 is 11.8 Å². The fourth-order valence-corrected chi connectivity index (χ4v) is 3.03. The number of para-hydroxylation sites is 2. The Morgan fingerprint density at radius 1 is 1.22 bits per heavy atom. The largest absolute Gasteiger partial charge is 0.491 e. The van der Waals surface area contributed by atoms with Crippen LogP contribution in [0.2, 0.25) is 0 Å². The molecule has 0 amide bonds. The molecular formula is C14H22N2OS. The van der Waals surface area contributed by atoms with Crippen molar-refractivity contribution in [1.29, 1.82) is 0 Å². The van der Waals surface area contributed by atoms with Gasteiger partial charge in [-0.15, -0.1) is 0 Å². The summed E-state index contributed by atoms with van der Waals surface area (Å²) in [5, 5.41) is 0. The SMILES string of the molecule is Nc1ccccc1OCCCN1CCCSCC1. The molecule has 0 radical (unpaired) electrons. The Morgan fingerprint density at radius 2 is 2.11 bits per heavy atom. The van der Waals surface area contributed by atoms with Gasteiger partial charge in [0.05, 0.1) is 12.3 Å². The number of nitrogens with zero attached hydrogens (tertiary/aromatic N) is 1. The first-order valence-corrected chi connectivity index (χ1v) is 7.79. The van der Waals surface area contributed by atoms with Crippen molar-refractivity contribution in [3.8, 4) is 5.75 Å². The van der Waals surface area contributed by atoms with E-state index >= 15 is 0 Å². The lowest BCUT2D eigenvalue weighted by molar-refractivity contribution is 0.246. The van der Waals surface area contributed by atoms with E-state index in [1.54, 1.807) is 0 Å². The maximum absolute atomic E-state index is 5.83. The van der Waals surface area contributed by atoms with Gasteiger partial charge in [-0.05, 0) is 37.3 Å². The summed E-state index contributed by atoms with van der Waals surface area (Å²) < 4.78 is 5.70. The van der Waals surface area contributed by atoms with Gasteiger partial charge in [-0.1, -0.05) is 12.1 Å². The van der Waals surface area contributed by atoms with Gasteiger partial charge in [0.2, 0.25) is 0 Å². The first kappa shape index (κ1) is 13.6. The molecule has 1 aliphatic heterocycles. The first-order chi connectivity index (χ1) is 8.86. The number of hydrogen-bond donors (Lipinski definition) is 1. The van der Waals surface area contributed by atoms with Crippen LogP contribution in [0.4, 0.5) is 5.69 Å². The molecule has 1 heterocycles. The summed E-state index contributed by atoms with van der Waals surface area (Å²) in [7, 11) is 0. The third-order valence-corrected chi connectivity index (χ3v) is 4.16. The molecule has 1 fully saturated rings. The van der Waals surface area contributed by atoms with E-state index in [2.05, 4.69) is 16.7 Å². The lowest BCUT2D eigenvalue weighted by Crippen LogP contribution is -2.28. The van der Waals surface area contributed by atoms with E-state index in [0.29, 0.717) is 0 Å². The maximum Gasteiger partial charge on any atom is 0.142 e. The molecule has 3 nitrogen and oxygen atoms in total. The molecule has 0 unspecified atom stereocenters. The van der Waals surface area contributed by atoms with Crippen molar-refractivity contribution in [3.05, 3.63) is 24.3 Å². The molecule has 0 aromatic heterocycles. The predicted octanol–water partition coefficient (Wildman–Crippen LogP) is 2.48. The highest BCUT2D eigenvalue weighted by Crippen LogP contribution is 2.19. The van der Waals surface area contributed by atoms with Crippen LogP contribution in [0.25, 0.3) is 0 Å². The number of hydrogen-bond acceptors (Lipinski definition) is 4. The van der Waals surface area contributed by atoms with Crippen LogP contribution in [0.5, 0.6) is 5.75 Å². The molecule has 0 atom stereocenters. The van der Waals surface area contributed by atoms with E-state index in [9.17, 15) is 0 Å². The van der Waals surface area contributed by atoms with Crippen LogP contribution < -0.4 is 10.5 Å². The smallest absolute Gasteiger partial charge is 0.142 e. The summed E-state index contributed by atoms with van der Waals surface area (Å²) in [6, 6.07) is 7.69. The van der Waals surface area contributed by atoms with E-state index in [4.69, 9.17) is 10.5 Å². The minimum absolute atomic E-state index is 0.726. The molecule has 1 aromatic carbocycles. The van der Waals surface area contributed by atoms with Crippen LogP contribution in [-0.4, -0.2) is 42.6 Å². The fraction of sp³-hybridized carbons (Fsp3) is 0.571. The highest BCUT2D eigenvalue weighted by Gasteiger charge is 2.08. The van der Waals surface area contributed by atoms with Crippen molar-refractivity contribution in [2.24, 2.45) is 0 Å².